The summed E-state index contributed by atoms with van der Waals surface area (Å²) in [5.74, 6) is -29.7. The van der Waals surface area contributed by atoms with Gasteiger partial charge in [-0.05, 0) is 19.1 Å². The van der Waals surface area contributed by atoms with Crippen molar-refractivity contribution in [2.75, 3.05) is 0 Å². The van der Waals surface area contributed by atoms with Crippen LogP contribution in [0.2, 0.25) is 50.4 Å². The average molecular weight is 1040 g/mol. The normalized spacial score (nSPS) is 19.0. The molecule has 0 aromatic carbocycles. The lowest BCUT2D eigenvalue weighted by Gasteiger charge is -2.43. The molecule has 0 aliphatic rings. The Balaban J connectivity index is 7.44. The van der Waals surface area contributed by atoms with Crippen LogP contribution in [0, 0.1) is 0 Å². The summed E-state index contributed by atoms with van der Waals surface area (Å²) in [5.41, 5.74) is 0.858. The predicted octanol–water partition coefficient (Wildman–Crippen LogP) is 12.9. The van der Waals surface area contributed by atoms with Crippen molar-refractivity contribution < 1.29 is 133 Å². The molecule has 6 nitrogen and oxygen atoms in total. The number of hydrogen-bond donors (Lipinski definition) is 0. The summed E-state index contributed by atoms with van der Waals surface area (Å²) < 4.78 is 368. The van der Waals surface area contributed by atoms with Gasteiger partial charge in [0.2, 0.25) is 8.32 Å². The van der Waals surface area contributed by atoms with Crippen LogP contribution in [0.5, 0.6) is 0 Å². The first kappa shape index (κ1) is 60.1. The second kappa shape index (κ2) is 17.7. The fourth-order valence-corrected chi connectivity index (χ4v) is 16.3. The molecule has 0 rings (SSSR count). The van der Waals surface area contributed by atoms with E-state index in [1.165, 1.54) is 22.6 Å². The molecule has 0 aliphatic carbocycles. The highest BCUT2D eigenvalue weighted by Gasteiger charge is 2.86. The van der Waals surface area contributed by atoms with Crippen molar-refractivity contribution in [2.24, 2.45) is 0 Å². The first-order valence-corrected chi connectivity index (χ1v) is 27.3. The van der Waals surface area contributed by atoms with Gasteiger partial charge < -0.3 is 8.89 Å². The van der Waals surface area contributed by atoms with Gasteiger partial charge in [-0.3, -0.25) is 18.9 Å². The Hall–Kier alpha value is -1.89. The molecule has 1 radical (unpaired) electrons. The minimum atomic E-state index is -8.53. The summed E-state index contributed by atoms with van der Waals surface area (Å²) in [7, 11) is -12.9. The van der Waals surface area contributed by atoms with Gasteiger partial charge in [-0.25, -0.2) is 8.78 Å². The van der Waals surface area contributed by atoms with Gasteiger partial charge >= 0.3 is 72.6 Å². The van der Waals surface area contributed by atoms with E-state index in [2.05, 4.69) is 22.6 Å². The molecule has 0 spiro atoms. The molecular formula is C28H35F24O6Si4. The molecule has 4 atom stereocenters. The van der Waals surface area contributed by atoms with Gasteiger partial charge in [0.1, 0.15) is 16.4 Å². The molecule has 367 valence electrons. The molecule has 0 bridgehead atoms. The topological polar surface area (TPSA) is 63.2 Å². The van der Waals surface area contributed by atoms with Crippen molar-refractivity contribution >= 4 is 32.9 Å². The van der Waals surface area contributed by atoms with Gasteiger partial charge in [0.15, 0.2) is 0 Å². The molecule has 0 heterocycles. The molecule has 4 unspecified atom stereocenters. The standard InChI is InChI=1S/C28H35F24O6Si4/c1-11-62(9,10)60(53)16(3,4)14-18(30,22(36,37)38)56-26(47,48)20(32,24(42,43)44)58-28(51,52)27(49,50)57-19(31,23(39,40)41)25(45,46)55-17(29,21(33,34)35)12-13-61(7,8)54-15(2)59(5)6/h11H,1-2,12-14H2,3-10H3. The zero-order valence-corrected chi connectivity index (χ0v) is 36.6. The summed E-state index contributed by atoms with van der Waals surface area (Å²) in [6, 6.07) is -1.47. The maximum atomic E-state index is 15.3. The second-order valence-corrected chi connectivity index (χ2v) is 33.1. The van der Waals surface area contributed by atoms with Crippen LogP contribution in [0.4, 0.5) is 105 Å². The molecule has 0 aromatic heterocycles. The van der Waals surface area contributed by atoms with Crippen LogP contribution in [-0.4, -0.2) is 105 Å². The van der Waals surface area contributed by atoms with Gasteiger partial charge in [0, 0.05) is 23.3 Å². The summed E-state index contributed by atoms with van der Waals surface area (Å²) >= 11 is 0. The van der Waals surface area contributed by atoms with Crippen molar-refractivity contribution in [3.8, 4) is 0 Å². The third kappa shape index (κ3) is 12.7. The summed E-state index contributed by atoms with van der Waals surface area (Å²) in [5, 5.41) is -3.01. The Morgan fingerprint density at radius 3 is 1.15 bits per heavy atom. The highest BCUT2D eigenvalue weighted by atomic mass is 29.2. The first-order valence-electron chi connectivity index (χ1n) is 16.2. The van der Waals surface area contributed by atoms with E-state index in [4.69, 9.17) is 4.43 Å². The van der Waals surface area contributed by atoms with E-state index < -0.39 is 129 Å². The monoisotopic (exact) mass is 1040 g/mol. The Morgan fingerprint density at radius 1 is 0.548 bits per heavy atom. The van der Waals surface area contributed by atoms with Crippen molar-refractivity contribution in [1.29, 1.82) is 0 Å². The number of halogens is 24. The SMILES string of the molecule is C=C[Si](C)(C)[Si](=O)C(C)(C)CC(F)(OC(F)(F)C(F)(OC(F)(F)C(F)(F)OC(F)(C(F)(F)F)C(F)(F)OC(F)(CC[Si](C)(C)OC(=C)[Si](C)C)C(F)(F)F)C(F)(F)F)C(F)(F)F. The van der Waals surface area contributed by atoms with E-state index in [0.29, 0.717) is 13.8 Å². The van der Waals surface area contributed by atoms with Crippen molar-refractivity contribution in [1.82, 2.24) is 0 Å². The molecule has 62 heavy (non-hydrogen) atoms. The second-order valence-electron chi connectivity index (χ2n) is 15.2. The third-order valence-electron chi connectivity index (χ3n) is 8.17. The lowest BCUT2D eigenvalue weighted by Crippen LogP contribution is -2.69. The van der Waals surface area contributed by atoms with Crippen LogP contribution in [-0.2, 0) is 27.8 Å². The highest BCUT2D eigenvalue weighted by molar-refractivity contribution is 7.29. The fourth-order valence-electron chi connectivity index (χ4n) is 4.58. The molecule has 0 saturated heterocycles. The van der Waals surface area contributed by atoms with Crippen LogP contribution in [0.3, 0.4) is 0 Å². The largest absolute Gasteiger partial charge is 0.552 e. The smallest absolute Gasteiger partial charge is 0.458 e. The van der Waals surface area contributed by atoms with E-state index in [9.17, 15) is 92.3 Å². The zero-order chi connectivity index (χ0) is 50.6. The Labute approximate surface area is 340 Å². The number of rotatable bonds is 22. The van der Waals surface area contributed by atoms with Crippen LogP contribution in [0.1, 0.15) is 26.7 Å². The number of hydrogen-bond acceptors (Lipinski definition) is 6. The van der Waals surface area contributed by atoms with Gasteiger partial charge in [0.25, 0.3) is 8.20 Å². The molecule has 0 aliphatic heterocycles. The van der Waals surface area contributed by atoms with E-state index >= 15 is 17.6 Å². The Kier molecular flexibility index (Phi) is 17.2. The molecule has 0 aromatic rings. The quantitative estimate of drug-likeness (QED) is 0.0612. The molecule has 0 saturated carbocycles. The van der Waals surface area contributed by atoms with E-state index in [1.54, 1.807) is 0 Å². The minimum absolute atomic E-state index is 0.156. The Bertz CT molecular complexity index is 1610. The van der Waals surface area contributed by atoms with Crippen LogP contribution in [0.15, 0.2) is 24.2 Å². The molecule has 34 heteroatoms. The fraction of sp³-hybridized carbons (Fsp3) is 0.857. The van der Waals surface area contributed by atoms with Crippen molar-refractivity contribution in [2.45, 2.75) is 150 Å². The number of alkyl halides is 24. The first-order chi connectivity index (χ1) is 26.5. The van der Waals surface area contributed by atoms with Crippen molar-refractivity contribution in [3.05, 3.63) is 24.2 Å². The van der Waals surface area contributed by atoms with Gasteiger partial charge in [-0.2, -0.15) is 96.6 Å². The highest BCUT2D eigenvalue weighted by Crippen LogP contribution is 2.59. The average Bonchev–Trinajstić information content (AvgIpc) is 2.99. The summed E-state index contributed by atoms with van der Waals surface area (Å²) in [4.78, 5) is 0. The summed E-state index contributed by atoms with van der Waals surface area (Å²) in [6.07, 6.45) is -69.6. The third-order valence-corrected chi connectivity index (χ3v) is 21.6. The van der Waals surface area contributed by atoms with E-state index in [-0.39, 0.29) is 5.38 Å². The Morgan fingerprint density at radius 2 is 0.871 bits per heavy atom. The maximum absolute atomic E-state index is 15.3. The van der Waals surface area contributed by atoms with Gasteiger partial charge in [-0.1, -0.05) is 52.3 Å². The van der Waals surface area contributed by atoms with Gasteiger partial charge in [0.05, 0.1) is 0 Å². The zero-order valence-electron chi connectivity index (χ0n) is 32.6. The van der Waals surface area contributed by atoms with E-state index in [1.807, 2.05) is 0 Å². The predicted molar refractivity (Wildman–Crippen MR) is 171 cm³/mol. The molecule has 0 fully saturated rings. The summed E-state index contributed by atoms with van der Waals surface area (Å²) in [6.45, 7) is 14.1. The van der Waals surface area contributed by atoms with Gasteiger partial charge in [-0.15, -0.1) is 6.58 Å². The van der Waals surface area contributed by atoms with E-state index in [0.717, 1.165) is 31.9 Å². The van der Waals surface area contributed by atoms with Crippen LogP contribution >= 0.6 is 0 Å². The van der Waals surface area contributed by atoms with Crippen molar-refractivity contribution in [3.63, 3.8) is 0 Å². The molecule has 0 amide bonds. The van der Waals surface area contributed by atoms with Crippen LogP contribution < -0.4 is 0 Å². The molecular weight excluding hydrogens is 1000 g/mol. The lowest BCUT2D eigenvalue weighted by atomic mass is 10.0. The number of ether oxygens (including phenoxy) is 4. The lowest BCUT2D eigenvalue weighted by molar-refractivity contribution is -0.585. The minimum Gasteiger partial charge on any atom is -0.552 e. The molecule has 0 N–H and O–H groups in total. The van der Waals surface area contributed by atoms with Crippen LogP contribution in [0.25, 0.3) is 0 Å². The maximum Gasteiger partial charge on any atom is 0.458 e.